The van der Waals surface area contributed by atoms with Gasteiger partial charge in [0.15, 0.2) is 11.6 Å². The lowest BCUT2D eigenvalue weighted by atomic mass is 9.75. The number of aromatic amines is 1. The van der Waals surface area contributed by atoms with Gasteiger partial charge in [-0.3, -0.25) is 4.79 Å². The number of aromatic nitrogens is 6. The van der Waals surface area contributed by atoms with E-state index >= 15 is 4.39 Å². The van der Waals surface area contributed by atoms with Crippen LogP contribution in [0.3, 0.4) is 0 Å². The van der Waals surface area contributed by atoms with Gasteiger partial charge in [0.2, 0.25) is 0 Å². The van der Waals surface area contributed by atoms with Crippen molar-refractivity contribution >= 4 is 16.9 Å². The highest BCUT2D eigenvalue weighted by atomic mass is 19.1. The summed E-state index contributed by atoms with van der Waals surface area (Å²) in [6.45, 7) is 8.53. The number of rotatable bonds is 4. The van der Waals surface area contributed by atoms with Crippen molar-refractivity contribution in [3.05, 3.63) is 113 Å². The highest BCUT2D eigenvalue weighted by Crippen LogP contribution is 2.40. The summed E-state index contributed by atoms with van der Waals surface area (Å²) in [6, 6.07) is 19.0. The molecule has 4 heterocycles. The third kappa shape index (κ3) is 6.29. The van der Waals surface area contributed by atoms with Gasteiger partial charge in [0, 0.05) is 59.6 Å². The molecule has 0 fully saturated rings. The number of nitrogens with zero attached hydrogens (tertiary/aromatic N) is 5. The minimum absolute atomic E-state index is 0.116. The minimum Gasteiger partial charge on any atom is -0.481 e. The number of carbonyl (C=O) groups is 1. The molecule has 1 aliphatic rings. The molecule has 0 saturated heterocycles. The number of hydrogen-bond donors (Lipinski definition) is 2. The standard InChI is InChI=1S/C39H41FN6O4/c1-24(37(47)48)17-25-9-6-11-27(18-25)39(4)14-8-16-49-38(2,3)33-23-46(44-43-33)21-30-29-13-15-41-32(29)20-31(40)35(30)50-28-12-7-10-26(19-28)36-42-34(39)22-45(36)5/h6-7,9-13,15,18-20,22-24,41H,8,14,16-17,21H2,1-5H3,(H,47,48). The Morgan fingerprint density at radius 1 is 1.08 bits per heavy atom. The van der Waals surface area contributed by atoms with Gasteiger partial charge in [-0.1, -0.05) is 48.5 Å². The van der Waals surface area contributed by atoms with Crippen LogP contribution in [0, 0.1) is 11.7 Å². The molecule has 2 atom stereocenters. The molecule has 2 unspecified atom stereocenters. The molecule has 10 nitrogen and oxygen atoms in total. The number of halogens is 1. The average Bonchev–Trinajstić information content (AvgIpc) is 3.85. The Labute approximate surface area is 289 Å². The largest absolute Gasteiger partial charge is 0.481 e. The molecule has 0 radical (unpaired) electrons. The number of ether oxygens (including phenoxy) is 2. The fourth-order valence-corrected chi connectivity index (χ4v) is 6.85. The molecule has 258 valence electrons. The second-order valence-electron chi connectivity index (χ2n) is 14.0. The number of fused-ring (bicyclic) bond motifs is 10. The van der Waals surface area contributed by atoms with Crippen LogP contribution in [0.25, 0.3) is 22.3 Å². The third-order valence-corrected chi connectivity index (χ3v) is 9.91. The molecule has 0 aliphatic carbocycles. The number of H-pyrrole nitrogens is 1. The molecule has 0 spiro atoms. The van der Waals surface area contributed by atoms with Crippen molar-refractivity contribution in [2.45, 2.75) is 64.5 Å². The summed E-state index contributed by atoms with van der Waals surface area (Å²) in [5, 5.41) is 19.3. The molecule has 2 N–H and O–H groups in total. The Kier molecular flexibility index (Phi) is 8.55. The molecule has 50 heavy (non-hydrogen) atoms. The quantitative estimate of drug-likeness (QED) is 0.196. The van der Waals surface area contributed by atoms with Crippen LogP contribution in [0.1, 0.15) is 68.6 Å². The molecule has 1 aliphatic heterocycles. The van der Waals surface area contributed by atoms with E-state index in [9.17, 15) is 9.90 Å². The highest BCUT2D eigenvalue weighted by molar-refractivity contribution is 5.85. The molecule has 3 aromatic heterocycles. The second kappa shape index (κ2) is 12.9. The first-order valence-corrected chi connectivity index (χ1v) is 16.9. The lowest BCUT2D eigenvalue weighted by molar-refractivity contribution is -0.141. The fourth-order valence-electron chi connectivity index (χ4n) is 6.85. The number of carboxylic acid groups (broad SMARTS) is 1. The van der Waals surface area contributed by atoms with Gasteiger partial charge < -0.3 is 24.1 Å². The van der Waals surface area contributed by atoms with Crippen molar-refractivity contribution in [1.29, 1.82) is 0 Å². The van der Waals surface area contributed by atoms with Crippen molar-refractivity contribution in [1.82, 2.24) is 29.5 Å². The normalized spacial score (nSPS) is 18.4. The van der Waals surface area contributed by atoms with Crippen LogP contribution in [0.4, 0.5) is 4.39 Å². The Balaban J connectivity index is 1.34. The maximum absolute atomic E-state index is 15.8. The molecule has 0 saturated carbocycles. The molecule has 11 heteroatoms. The second-order valence-corrected chi connectivity index (χ2v) is 14.0. The summed E-state index contributed by atoms with van der Waals surface area (Å²) < 4.78 is 32.3. The molecule has 7 rings (SSSR count). The average molecular weight is 677 g/mol. The van der Waals surface area contributed by atoms with Crippen molar-refractivity contribution < 1.29 is 23.8 Å². The summed E-state index contributed by atoms with van der Waals surface area (Å²) in [6.07, 6.45) is 7.53. The first-order chi connectivity index (χ1) is 23.9. The van der Waals surface area contributed by atoms with E-state index in [1.165, 1.54) is 6.07 Å². The van der Waals surface area contributed by atoms with Gasteiger partial charge in [-0.25, -0.2) is 14.1 Å². The van der Waals surface area contributed by atoms with Crippen molar-refractivity contribution in [3.8, 4) is 22.9 Å². The number of imidazole rings is 1. The SMILES string of the molecule is CC(Cc1cccc(C2(C)CCCOC(C)(C)c3cn(nn3)Cc3c(c(F)cc4[nH]ccc34)Oc3cccc(c3)-c3nc2cn3C)c1)C(=O)O. The van der Waals surface area contributed by atoms with Gasteiger partial charge in [-0.2, -0.15) is 0 Å². The predicted molar refractivity (Wildman–Crippen MR) is 188 cm³/mol. The third-order valence-electron chi connectivity index (χ3n) is 9.91. The van der Waals surface area contributed by atoms with E-state index in [1.54, 1.807) is 17.8 Å². The number of carboxylic acids is 1. The van der Waals surface area contributed by atoms with Gasteiger partial charge in [-0.15, -0.1) is 5.10 Å². The number of hydrogen-bond acceptors (Lipinski definition) is 6. The van der Waals surface area contributed by atoms with Crippen LogP contribution in [-0.2, 0) is 40.6 Å². The van der Waals surface area contributed by atoms with Crippen molar-refractivity contribution in [3.63, 3.8) is 0 Å². The number of aliphatic carboxylic acids is 1. The van der Waals surface area contributed by atoms with Crippen LogP contribution < -0.4 is 4.74 Å². The Hall–Kier alpha value is -5.29. The van der Waals surface area contributed by atoms with E-state index < -0.39 is 28.7 Å². The van der Waals surface area contributed by atoms with E-state index in [0.717, 1.165) is 40.0 Å². The summed E-state index contributed by atoms with van der Waals surface area (Å²) in [5.41, 5.74) is 4.37. The first-order valence-electron chi connectivity index (χ1n) is 16.9. The first kappa shape index (κ1) is 33.2. The molecule has 6 bridgehead atoms. The Morgan fingerprint density at radius 2 is 1.90 bits per heavy atom. The summed E-state index contributed by atoms with van der Waals surface area (Å²) in [7, 11) is 1.96. The zero-order valence-corrected chi connectivity index (χ0v) is 28.9. The lowest BCUT2D eigenvalue weighted by Gasteiger charge is -2.30. The number of nitrogens with one attached hydrogen (secondary N) is 1. The fraction of sp³-hybridized carbons (Fsp3) is 0.333. The molecule has 6 aromatic rings. The van der Waals surface area contributed by atoms with Crippen LogP contribution in [0.2, 0.25) is 0 Å². The van der Waals surface area contributed by atoms with Gasteiger partial charge >= 0.3 is 5.97 Å². The van der Waals surface area contributed by atoms with Crippen molar-refractivity contribution in [2.75, 3.05) is 6.61 Å². The zero-order chi connectivity index (χ0) is 35.2. The molecular formula is C39H41FN6O4. The van der Waals surface area contributed by atoms with Gasteiger partial charge in [0.1, 0.15) is 22.9 Å². The van der Waals surface area contributed by atoms with Gasteiger partial charge in [0.05, 0.1) is 24.4 Å². The summed E-state index contributed by atoms with van der Waals surface area (Å²) in [5.74, 6) is -0.504. The van der Waals surface area contributed by atoms with Gasteiger partial charge in [-0.05, 0) is 69.4 Å². The smallest absolute Gasteiger partial charge is 0.306 e. The Bertz CT molecular complexity index is 2200. The predicted octanol–water partition coefficient (Wildman–Crippen LogP) is 7.75. The Morgan fingerprint density at radius 3 is 2.72 bits per heavy atom. The summed E-state index contributed by atoms with van der Waals surface area (Å²) in [4.78, 5) is 20.0. The summed E-state index contributed by atoms with van der Waals surface area (Å²) >= 11 is 0. The monoisotopic (exact) mass is 676 g/mol. The van der Waals surface area contributed by atoms with E-state index in [4.69, 9.17) is 14.5 Å². The maximum Gasteiger partial charge on any atom is 0.306 e. The minimum atomic E-state index is -0.821. The lowest BCUT2D eigenvalue weighted by Crippen LogP contribution is -2.27. The molecule has 3 aromatic carbocycles. The number of aryl methyl sites for hydroxylation is 1. The van der Waals surface area contributed by atoms with Crippen LogP contribution in [0.5, 0.6) is 11.5 Å². The van der Waals surface area contributed by atoms with Gasteiger partial charge in [0.25, 0.3) is 0 Å². The van der Waals surface area contributed by atoms with Crippen LogP contribution >= 0.6 is 0 Å². The highest BCUT2D eigenvalue weighted by Gasteiger charge is 2.34. The molecule has 0 amide bonds. The van der Waals surface area contributed by atoms with Crippen molar-refractivity contribution in [2.24, 2.45) is 13.0 Å². The van der Waals surface area contributed by atoms with Crippen LogP contribution in [0.15, 0.2) is 79.3 Å². The number of benzene rings is 3. The van der Waals surface area contributed by atoms with Crippen LogP contribution in [-0.4, -0.2) is 47.2 Å². The van der Waals surface area contributed by atoms with E-state index in [2.05, 4.69) is 40.5 Å². The van der Waals surface area contributed by atoms with E-state index in [0.29, 0.717) is 42.0 Å². The van der Waals surface area contributed by atoms with E-state index in [-0.39, 0.29) is 12.3 Å². The maximum atomic E-state index is 15.8. The topological polar surface area (TPSA) is 120 Å². The van der Waals surface area contributed by atoms with E-state index in [1.807, 2.05) is 74.1 Å². The molecular weight excluding hydrogens is 635 g/mol. The zero-order valence-electron chi connectivity index (χ0n) is 28.9.